The molecule has 0 bridgehead atoms. The van der Waals surface area contributed by atoms with Crippen LogP contribution in [0.1, 0.15) is 49.7 Å². The van der Waals surface area contributed by atoms with E-state index in [-0.39, 0.29) is 24.4 Å². The molecule has 3 N–H and O–H groups in total. The van der Waals surface area contributed by atoms with Crippen LogP contribution in [-0.4, -0.2) is 33.5 Å². The summed E-state index contributed by atoms with van der Waals surface area (Å²) in [6.07, 6.45) is 11.9. The van der Waals surface area contributed by atoms with Gasteiger partial charge in [-0.15, -0.1) is 0 Å². The van der Waals surface area contributed by atoms with E-state index in [9.17, 15) is 15.0 Å². The molecule has 156 valence electrons. The van der Waals surface area contributed by atoms with Gasteiger partial charge in [0.15, 0.2) is 0 Å². The van der Waals surface area contributed by atoms with Crippen LogP contribution in [0, 0.1) is 23.7 Å². The van der Waals surface area contributed by atoms with Crippen LogP contribution in [0.25, 0.3) is 0 Å². The molecule has 1 aromatic rings. The van der Waals surface area contributed by atoms with Gasteiger partial charge in [-0.2, -0.15) is 0 Å². The van der Waals surface area contributed by atoms with Crippen LogP contribution in [0.5, 0.6) is 0 Å². The number of rotatable bonds is 7. The Morgan fingerprint density at radius 2 is 1.86 bits per heavy atom. The Kier molecular flexibility index (Phi) is 6.21. The molecular formula is C25H32O4. The number of hydrogen-bond acceptors (Lipinski definition) is 3. The number of carboxylic acid groups (broad SMARTS) is 1. The third kappa shape index (κ3) is 4.65. The fraction of sp³-hybridized carbons (Fsp3) is 0.560. The van der Waals surface area contributed by atoms with Crippen molar-refractivity contribution in [3.05, 3.63) is 59.2 Å². The topological polar surface area (TPSA) is 77.8 Å². The van der Waals surface area contributed by atoms with Crippen LogP contribution < -0.4 is 0 Å². The van der Waals surface area contributed by atoms with Gasteiger partial charge in [0.25, 0.3) is 0 Å². The van der Waals surface area contributed by atoms with Gasteiger partial charge >= 0.3 is 5.97 Å². The van der Waals surface area contributed by atoms with Crippen molar-refractivity contribution in [1.29, 1.82) is 0 Å². The Bertz CT molecular complexity index is 771. The lowest BCUT2D eigenvalue weighted by atomic mass is 9.89. The molecule has 2 fully saturated rings. The van der Waals surface area contributed by atoms with Gasteiger partial charge in [0.05, 0.1) is 12.2 Å². The van der Waals surface area contributed by atoms with Gasteiger partial charge in [0.2, 0.25) is 0 Å². The molecule has 1 aromatic carbocycles. The molecule has 0 heterocycles. The van der Waals surface area contributed by atoms with Gasteiger partial charge in [0.1, 0.15) is 0 Å². The van der Waals surface area contributed by atoms with Crippen molar-refractivity contribution >= 4 is 5.97 Å². The maximum Gasteiger partial charge on any atom is 0.303 e. The van der Waals surface area contributed by atoms with E-state index in [4.69, 9.17) is 5.11 Å². The van der Waals surface area contributed by atoms with E-state index in [1.54, 1.807) is 0 Å². The van der Waals surface area contributed by atoms with E-state index in [1.165, 1.54) is 16.7 Å². The molecule has 0 saturated heterocycles. The highest BCUT2D eigenvalue weighted by Gasteiger charge is 2.45. The monoisotopic (exact) mass is 396 g/mol. The van der Waals surface area contributed by atoms with Crippen molar-refractivity contribution in [2.45, 2.75) is 63.6 Å². The first-order valence-electron chi connectivity index (χ1n) is 11.0. The van der Waals surface area contributed by atoms with Crippen molar-refractivity contribution in [1.82, 2.24) is 0 Å². The lowest BCUT2D eigenvalue weighted by Gasteiger charge is -2.19. The fourth-order valence-electron chi connectivity index (χ4n) is 5.73. The van der Waals surface area contributed by atoms with E-state index in [1.807, 2.05) is 6.08 Å². The molecule has 4 nitrogen and oxygen atoms in total. The standard InChI is InChI=1S/C25H32O4/c26-23(20-13-17-6-2-3-7-18(17)14-20)10-9-21-22-12-16(5-1-4-8-25(28)29)11-19(22)15-24(21)27/h2-3,5-7,9-10,19-24,26-27H,1,4,8,11-15H2,(H,28,29)/b10-9+,16-5+/t19?,21-,22?,23-,24-/m1/s1. The Hall–Kier alpha value is -1.91. The predicted molar refractivity (Wildman–Crippen MR) is 112 cm³/mol. The summed E-state index contributed by atoms with van der Waals surface area (Å²) in [4.78, 5) is 10.6. The molecule has 0 amide bonds. The molecule has 0 aliphatic heterocycles. The maximum absolute atomic E-state index is 10.7. The molecule has 0 aromatic heterocycles. The highest BCUT2D eigenvalue weighted by atomic mass is 16.4. The second kappa shape index (κ2) is 8.85. The summed E-state index contributed by atoms with van der Waals surface area (Å²) in [5.41, 5.74) is 4.11. The zero-order valence-corrected chi connectivity index (χ0v) is 16.9. The van der Waals surface area contributed by atoms with Crippen LogP contribution in [0.3, 0.4) is 0 Å². The summed E-state index contributed by atoms with van der Waals surface area (Å²) in [7, 11) is 0. The Morgan fingerprint density at radius 1 is 1.14 bits per heavy atom. The minimum atomic E-state index is -0.732. The van der Waals surface area contributed by atoms with Gasteiger partial charge < -0.3 is 15.3 Å². The Labute approximate surface area is 173 Å². The molecule has 0 radical (unpaired) electrons. The lowest BCUT2D eigenvalue weighted by molar-refractivity contribution is -0.137. The minimum Gasteiger partial charge on any atom is -0.481 e. The van der Waals surface area contributed by atoms with Crippen LogP contribution in [0.15, 0.2) is 48.1 Å². The molecule has 5 atom stereocenters. The maximum atomic E-state index is 10.7. The number of fused-ring (bicyclic) bond motifs is 2. The van der Waals surface area contributed by atoms with E-state index < -0.39 is 12.1 Å². The van der Waals surface area contributed by atoms with Gasteiger partial charge in [0, 0.05) is 12.3 Å². The molecule has 3 aliphatic carbocycles. The SMILES string of the molecule is O=C(O)CCC/C=C1\CC2C[C@@H](O)[C@H](/C=C/[C@@H](O)C3Cc4ccccc4C3)C2C1. The number of allylic oxidation sites excluding steroid dienone is 2. The average Bonchev–Trinajstić information content (AvgIpc) is 3.36. The smallest absolute Gasteiger partial charge is 0.303 e. The molecule has 3 aliphatic rings. The first-order chi connectivity index (χ1) is 14.0. The van der Waals surface area contributed by atoms with Crippen LogP contribution in [-0.2, 0) is 17.6 Å². The molecule has 2 saturated carbocycles. The van der Waals surface area contributed by atoms with Crippen molar-refractivity contribution in [3.63, 3.8) is 0 Å². The summed E-state index contributed by atoms with van der Waals surface area (Å²) in [5.74, 6) is 0.566. The second-order valence-electron chi connectivity index (χ2n) is 9.17. The molecular weight excluding hydrogens is 364 g/mol. The fourth-order valence-corrected chi connectivity index (χ4v) is 5.73. The summed E-state index contributed by atoms with van der Waals surface area (Å²) in [6.45, 7) is 0. The Morgan fingerprint density at radius 3 is 2.55 bits per heavy atom. The van der Waals surface area contributed by atoms with Crippen LogP contribution in [0.4, 0.5) is 0 Å². The van der Waals surface area contributed by atoms with Gasteiger partial charge in [-0.3, -0.25) is 4.79 Å². The number of carboxylic acids is 1. The lowest BCUT2D eigenvalue weighted by Crippen LogP contribution is -2.21. The molecule has 0 spiro atoms. The van der Waals surface area contributed by atoms with E-state index in [2.05, 4.69) is 36.4 Å². The minimum absolute atomic E-state index is 0.114. The van der Waals surface area contributed by atoms with Crippen LogP contribution in [0.2, 0.25) is 0 Å². The van der Waals surface area contributed by atoms with Gasteiger partial charge in [-0.25, -0.2) is 0 Å². The molecule has 29 heavy (non-hydrogen) atoms. The Balaban J connectivity index is 1.33. The van der Waals surface area contributed by atoms with Crippen molar-refractivity contribution in [2.24, 2.45) is 23.7 Å². The number of hydrogen-bond donors (Lipinski definition) is 3. The number of aliphatic carboxylic acids is 1. The van der Waals surface area contributed by atoms with Crippen molar-refractivity contribution < 1.29 is 20.1 Å². The number of aliphatic hydroxyl groups is 2. The quantitative estimate of drug-likeness (QED) is 0.482. The van der Waals surface area contributed by atoms with Crippen molar-refractivity contribution in [2.75, 3.05) is 0 Å². The highest BCUT2D eigenvalue weighted by molar-refractivity contribution is 5.66. The van der Waals surface area contributed by atoms with E-state index in [0.29, 0.717) is 18.3 Å². The first kappa shape index (κ1) is 20.4. The van der Waals surface area contributed by atoms with Crippen molar-refractivity contribution in [3.8, 4) is 0 Å². The third-order valence-electron chi connectivity index (χ3n) is 7.23. The number of unbranched alkanes of at least 4 members (excludes halogenated alkanes) is 1. The summed E-state index contributed by atoms with van der Waals surface area (Å²) in [5, 5.41) is 30.0. The molecule has 4 rings (SSSR count). The molecule has 4 heteroatoms. The highest BCUT2D eigenvalue weighted by Crippen LogP contribution is 2.50. The van der Waals surface area contributed by atoms with Crippen LogP contribution >= 0.6 is 0 Å². The number of benzene rings is 1. The van der Waals surface area contributed by atoms with Gasteiger partial charge in [-0.1, -0.05) is 48.1 Å². The number of carbonyl (C=O) groups is 1. The first-order valence-corrected chi connectivity index (χ1v) is 11.0. The molecule has 2 unspecified atom stereocenters. The average molecular weight is 397 g/mol. The normalized spacial score (nSPS) is 31.4. The summed E-state index contributed by atoms with van der Waals surface area (Å²) in [6, 6.07) is 8.43. The van der Waals surface area contributed by atoms with E-state index >= 15 is 0 Å². The third-order valence-corrected chi connectivity index (χ3v) is 7.23. The summed E-state index contributed by atoms with van der Waals surface area (Å²) < 4.78 is 0. The number of aliphatic hydroxyl groups excluding tert-OH is 2. The van der Waals surface area contributed by atoms with Gasteiger partial charge in [-0.05, 0) is 73.8 Å². The van der Waals surface area contributed by atoms with E-state index in [0.717, 1.165) is 38.5 Å². The zero-order valence-electron chi connectivity index (χ0n) is 16.9. The second-order valence-corrected chi connectivity index (χ2v) is 9.17. The largest absolute Gasteiger partial charge is 0.481 e. The predicted octanol–water partition coefficient (Wildman–Crippen LogP) is 3.91. The zero-order chi connectivity index (χ0) is 20.4. The summed E-state index contributed by atoms with van der Waals surface area (Å²) >= 11 is 0.